The van der Waals surface area contributed by atoms with E-state index < -0.39 is 0 Å². The van der Waals surface area contributed by atoms with Gasteiger partial charge in [-0.15, -0.1) is 0 Å². The van der Waals surface area contributed by atoms with Gasteiger partial charge in [-0.05, 0) is 37.5 Å². The number of methoxy groups -OCH3 is 2. The van der Waals surface area contributed by atoms with Crippen molar-refractivity contribution in [2.45, 2.75) is 46.6 Å². The van der Waals surface area contributed by atoms with Crippen LogP contribution in [0.2, 0.25) is 0 Å². The normalized spacial score (nSPS) is 11.4. The topological polar surface area (TPSA) is 80.9 Å². The van der Waals surface area contributed by atoms with E-state index in [0.717, 1.165) is 66.8 Å². The zero-order valence-corrected chi connectivity index (χ0v) is 17.6. The molecule has 0 fully saturated rings. The minimum Gasteiger partial charge on any atom is -0.493 e. The Morgan fingerprint density at radius 1 is 1.07 bits per heavy atom. The predicted molar refractivity (Wildman–Crippen MR) is 111 cm³/mol. The molecule has 1 aromatic carbocycles. The van der Waals surface area contributed by atoms with Gasteiger partial charge in [0.2, 0.25) is 0 Å². The van der Waals surface area contributed by atoms with Crippen LogP contribution in [0.25, 0.3) is 0 Å². The van der Waals surface area contributed by atoms with Gasteiger partial charge in [0.05, 0.1) is 26.5 Å². The monoisotopic (exact) mass is 388 g/mol. The molecular weight excluding hydrogens is 356 g/mol. The van der Waals surface area contributed by atoms with E-state index in [1.165, 1.54) is 5.56 Å². The summed E-state index contributed by atoms with van der Waals surface area (Å²) in [6.45, 7) is 8.32. The number of hydrogen-bond acceptors (Lipinski definition) is 5. The fourth-order valence-electron chi connectivity index (χ4n) is 2.98. The summed E-state index contributed by atoms with van der Waals surface area (Å²) in [6, 6.07) is 5.98. The van der Waals surface area contributed by atoms with Crippen molar-refractivity contribution in [1.29, 1.82) is 0 Å². The Labute approximate surface area is 167 Å². The van der Waals surface area contributed by atoms with E-state index in [0.29, 0.717) is 6.54 Å². The molecule has 2 rings (SSSR count). The summed E-state index contributed by atoms with van der Waals surface area (Å²) in [5.41, 5.74) is 3.26. The smallest absolute Gasteiger partial charge is 0.191 e. The molecule has 0 aliphatic rings. The van der Waals surface area contributed by atoms with Crippen molar-refractivity contribution in [3.63, 3.8) is 0 Å². The van der Waals surface area contributed by atoms with Crippen LogP contribution in [-0.2, 0) is 25.8 Å². The highest BCUT2D eigenvalue weighted by molar-refractivity contribution is 5.79. The molecule has 2 N–H and O–H groups in total. The maximum absolute atomic E-state index is 5.43. The number of rotatable bonds is 10. The summed E-state index contributed by atoms with van der Waals surface area (Å²) in [7, 11) is 3.29. The summed E-state index contributed by atoms with van der Waals surface area (Å²) in [5, 5.41) is 10.8. The number of benzene rings is 1. The first-order valence-electron chi connectivity index (χ1n) is 9.86. The lowest BCUT2D eigenvalue weighted by Crippen LogP contribution is -2.38. The molecule has 1 aromatic heterocycles. The van der Waals surface area contributed by atoms with E-state index in [2.05, 4.69) is 36.6 Å². The molecule has 0 aliphatic heterocycles. The van der Waals surface area contributed by atoms with Crippen LogP contribution in [0.3, 0.4) is 0 Å². The van der Waals surface area contributed by atoms with Crippen LogP contribution < -0.4 is 20.1 Å². The molecule has 0 aliphatic carbocycles. The van der Waals surface area contributed by atoms with Crippen molar-refractivity contribution >= 4 is 5.96 Å². The van der Waals surface area contributed by atoms with Crippen LogP contribution in [0.15, 0.2) is 27.7 Å². The first-order valence-corrected chi connectivity index (χ1v) is 9.86. The number of aliphatic imine (C=N–C) groups is 1. The molecule has 154 valence electrons. The number of nitrogens with zero attached hydrogens (tertiary/aromatic N) is 2. The predicted octanol–water partition coefficient (Wildman–Crippen LogP) is 3.11. The van der Waals surface area contributed by atoms with Crippen LogP contribution in [0.4, 0.5) is 0 Å². The van der Waals surface area contributed by atoms with Gasteiger partial charge in [-0.1, -0.05) is 25.1 Å². The van der Waals surface area contributed by atoms with Crippen molar-refractivity contribution in [1.82, 2.24) is 15.8 Å². The van der Waals surface area contributed by atoms with Crippen LogP contribution >= 0.6 is 0 Å². The number of aryl methyl sites for hydroxylation is 2. The second kappa shape index (κ2) is 11.2. The number of aromatic nitrogens is 1. The number of nitrogens with one attached hydrogen (secondary N) is 2. The van der Waals surface area contributed by atoms with Crippen molar-refractivity contribution < 1.29 is 14.0 Å². The largest absolute Gasteiger partial charge is 0.493 e. The standard InChI is InChI=1S/C21H32N4O3/c1-6-17-16(18(7-2)28-25-17)14-24-21(22-8-3)23-12-11-15-9-10-19(26-4)20(13-15)27-5/h9-10,13H,6-8,11-12,14H2,1-5H3,(H2,22,23,24). The van der Waals surface area contributed by atoms with E-state index in [9.17, 15) is 0 Å². The molecule has 2 aromatic rings. The van der Waals surface area contributed by atoms with Crippen LogP contribution in [-0.4, -0.2) is 38.4 Å². The molecular formula is C21H32N4O3. The van der Waals surface area contributed by atoms with Gasteiger partial charge in [0.1, 0.15) is 5.76 Å². The SMILES string of the molecule is CCNC(=NCc1c(CC)noc1CC)NCCc1ccc(OC)c(OC)c1. The Morgan fingerprint density at radius 2 is 1.86 bits per heavy atom. The maximum Gasteiger partial charge on any atom is 0.191 e. The Balaban J connectivity index is 1.99. The lowest BCUT2D eigenvalue weighted by atomic mass is 10.1. The van der Waals surface area contributed by atoms with Crippen molar-refractivity contribution in [2.75, 3.05) is 27.3 Å². The molecule has 0 saturated carbocycles. The quantitative estimate of drug-likeness (QED) is 0.481. The number of hydrogen-bond donors (Lipinski definition) is 2. The molecule has 28 heavy (non-hydrogen) atoms. The van der Waals surface area contributed by atoms with Gasteiger partial charge in [0.25, 0.3) is 0 Å². The minimum atomic E-state index is 0.557. The lowest BCUT2D eigenvalue weighted by Gasteiger charge is -2.13. The first-order chi connectivity index (χ1) is 13.7. The molecule has 0 bridgehead atoms. The molecule has 0 saturated heterocycles. The molecule has 0 spiro atoms. The van der Waals surface area contributed by atoms with Crippen molar-refractivity contribution in [3.05, 3.63) is 40.8 Å². The van der Waals surface area contributed by atoms with Gasteiger partial charge < -0.3 is 24.6 Å². The number of ether oxygens (including phenoxy) is 2. The third-order valence-electron chi connectivity index (χ3n) is 4.50. The lowest BCUT2D eigenvalue weighted by molar-refractivity contribution is 0.354. The first kappa shape index (κ1) is 21.6. The van der Waals surface area contributed by atoms with E-state index in [1.807, 2.05) is 18.2 Å². The fraction of sp³-hybridized carbons (Fsp3) is 0.524. The Hall–Kier alpha value is -2.70. The van der Waals surface area contributed by atoms with E-state index in [-0.39, 0.29) is 0 Å². The summed E-state index contributed by atoms with van der Waals surface area (Å²) < 4.78 is 16.1. The average Bonchev–Trinajstić information content (AvgIpc) is 3.13. The van der Waals surface area contributed by atoms with Gasteiger partial charge >= 0.3 is 0 Å². The molecule has 0 atom stereocenters. The van der Waals surface area contributed by atoms with Gasteiger partial charge in [0, 0.05) is 25.1 Å². The van der Waals surface area contributed by atoms with E-state index in [4.69, 9.17) is 19.0 Å². The van der Waals surface area contributed by atoms with Gasteiger partial charge in [-0.2, -0.15) is 0 Å². The maximum atomic E-state index is 5.43. The summed E-state index contributed by atoms with van der Waals surface area (Å²) >= 11 is 0. The van der Waals surface area contributed by atoms with Crippen molar-refractivity contribution in [2.24, 2.45) is 4.99 Å². The average molecular weight is 389 g/mol. The van der Waals surface area contributed by atoms with Crippen LogP contribution in [0.5, 0.6) is 11.5 Å². The zero-order valence-electron chi connectivity index (χ0n) is 17.6. The van der Waals surface area contributed by atoms with Gasteiger partial charge in [-0.25, -0.2) is 4.99 Å². The molecule has 0 amide bonds. The molecule has 1 heterocycles. The highest BCUT2D eigenvalue weighted by Gasteiger charge is 2.13. The number of guanidine groups is 1. The summed E-state index contributed by atoms with van der Waals surface area (Å²) in [5.74, 6) is 3.18. The van der Waals surface area contributed by atoms with Crippen molar-refractivity contribution in [3.8, 4) is 11.5 Å². The second-order valence-corrected chi connectivity index (χ2v) is 6.30. The molecule has 7 nitrogen and oxygen atoms in total. The third kappa shape index (κ3) is 5.65. The molecule has 7 heteroatoms. The highest BCUT2D eigenvalue weighted by Crippen LogP contribution is 2.27. The van der Waals surface area contributed by atoms with Crippen LogP contribution in [0.1, 0.15) is 43.4 Å². The third-order valence-corrected chi connectivity index (χ3v) is 4.50. The molecule has 0 unspecified atom stereocenters. The Morgan fingerprint density at radius 3 is 2.50 bits per heavy atom. The van der Waals surface area contributed by atoms with Crippen LogP contribution in [0, 0.1) is 0 Å². The van der Waals surface area contributed by atoms with Gasteiger partial charge in [-0.3, -0.25) is 0 Å². The van der Waals surface area contributed by atoms with Gasteiger partial charge in [0.15, 0.2) is 17.5 Å². The van der Waals surface area contributed by atoms with E-state index >= 15 is 0 Å². The fourth-order valence-corrected chi connectivity index (χ4v) is 2.98. The second-order valence-electron chi connectivity index (χ2n) is 6.30. The summed E-state index contributed by atoms with van der Waals surface area (Å²) in [4.78, 5) is 4.72. The highest BCUT2D eigenvalue weighted by atomic mass is 16.5. The van der Waals surface area contributed by atoms with E-state index in [1.54, 1.807) is 14.2 Å². The minimum absolute atomic E-state index is 0.557. The molecule has 0 radical (unpaired) electrons. The Kier molecular flexibility index (Phi) is 8.65. The summed E-state index contributed by atoms with van der Waals surface area (Å²) in [6.07, 6.45) is 2.51. The Bertz CT molecular complexity index is 750. The zero-order chi connectivity index (χ0) is 20.4.